The number of rotatable bonds is 3. The molecule has 2 amide bonds. The molecule has 1 saturated heterocycles. The fraction of sp³-hybridized carbons (Fsp3) is 0.455. The molecule has 4 nitrogen and oxygen atoms in total. The van der Waals surface area contributed by atoms with Gasteiger partial charge in [0.2, 0.25) is 11.8 Å². The molecule has 0 aromatic carbocycles. The molecule has 1 fully saturated rings. The van der Waals surface area contributed by atoms with Crippen molar-refractivity contribution in [2.24, 2.45) is 11.7 Å². The summed E-state index contributed by atoms with van der Waals surface area (Å²) in [5.74, 6) is 0.0192. The Morgan fingerprint density at radius 1 is 1.60 bits per heavy atom. The molecule has 2 N–H and O–H groups in total. The highest BCUT2D eigenvalue weighted by molar-refractivity contribution is 5.97. The van der Waals surface area contributed by atoms with Crippen molar-refractivity contribution in [2.75, 3.05) is 13.1 Å². The van der Waals surface area contributed by atoms with Crippen LogP contribution in [0.4, 0.5) is 0 Å². The summed E-state index contributed by atoms with van der Waals surface area (Å²) in [4.78, 5) is 24.2. The molecule has 1 aliphatic carbocycles. The van der Waals surface area contributed by atoms with Crippen LogP contribution >= 0.6 is 0 Å². The molecule has 0 saturated carbocycles. The van der Waals surface area contributed by atoms with Crippen LogP contribution in [0.5, 0.6) is 0 Å². The number of carbonyl (C=O) groups excluding carboxylic acids is 2. The van der Waals surface area contributed by atoms with E-state index in [0.29, 0.717) is 12.5 Å². The molecule has 2 aliphatic rings. The van der Waals surface area contributed by atoms with Crippen LogP contribution in [0.3, 0.4) is 0 Å². The van der Waals surface area contributed by atoms with E-state index >= 15 is 0 Å². The van der Waals surface area contributed by atoms with Gasteiger partial charge < -0.3 is 10.6 Å². The van der Waals surface area contributed by atoms with E-state index in [1.54, 1.807) is 4.90 Å². The maximum Gasteiger partial charge on any atom is 0.250 e. The van der Waals surface area contributed by atoms with Gasteiger partial charge in [-0.25, -0.2) is 0 Å². The molecular formula is C11H14N2O2. The standard InChI is InChI=1S/C11H14N2O2/c12-10(14)5-6-13-7-8-3-1-2-4-9(8)11(13)15/h1-2,4,8H,3,5-7H2,(H2,12,14). The SMILES string of the molecule is NC(=O)CCN1CC2CC=CC=C2C1=O. The molecule has 1 heterocycles. The highest BCUT2D eigenvalue weighted by atomic mass is 16.2. The number of hydrogen-bond donors (Lipinski definition) is 1. The van der Waals surface area contributed by atoms with Gasteiger partial charge in [-0.3, -0.25) is 9.59 Å². The van der Waals surface area contributed by atoms with Crippen molar-refractivity contribution in [1.82, 2.24) is 4.90 Å². The predicted molar refractivity (Wildman–Crippen MR) is 55.7 cm³/mol. The first-order chi connectivity index (χ1) is 7.18. The Labute approximate surface area is 88.4 Å². The Morgan fingerprint density at radius 2 is 2.40 bits per heavy atom. The highest BCUT2D eigenvalue weighted by Crippen LogP contribution is 2.29. The van der Waals surface area contributed by atoms with E-state index < -0.39 is 0 Å². The van der Waals surface area contributed by atoms with Crippen LogP contribution in [0.15, 0.2) is 23.8 Å². The molecule has 15 heavy (non-hydrogen) atoms. The monoisotopic (exact) mass is 206 g/mol. The van der Waals surface area contributed by atoms with Gasteiger partial charge >= 0.3 is 0 Å². The van der Waals surface area contributed by atoms with Crippen LogP contribution < -0.4 is 5.73 Å². The van der Waals surface area contributed by atoms with E-state index in [9.17, 15) is 9.59 Å². The number of nitrogens with two attached hydrogens (primary N) is 1. The fourth-order valence-electron chi connectivity index (χ4n) is 2.07. The summed E-state index contributed by atoms with van der Waals surface area (Å²) in [5.41, 5.74) is 5.94. The van der Waals surface area contributed by atoms with Crippen molar-refractivity contribution in [3.05, 3.63) is 23.8 Å². The molecule has 0 aromatic heterocycles. The smallest absolute Gasteiger partial charge is 0.250 e. The van der Waals surface area contributed by atoms with Crippen molar-refractivity contribution in [2.45, 2.75) is 12.8 Å². The second-order valence-electron chi connectivity index (χ2n) is 3.95. The van der Waals surface area contributed by atoms with Gasteiger partial charge in [-0.05, 0) is 6.42 Å². The van der Waals surface area contributed by atoms with Crippen molar-refractivity contribution in [3.63, 3.8) is 0 Å². The molecule has 4 heteroatoms. The molecular weight excluding hydrogens is 192 g/mol. The lowest BCUT2D eigenvalue weighted by atomic mass is 9.95. The number of allylic oxidation sites excluding steroid dienone is 3. The van der Waals surface area contributed by atoms with Crippen molar-refractivity contribution < 1.29 is 9.59 Å². The number of nitrogens with zero attached hydrogens (tertiary/aromatic N) is 1. The molecule has 1 unspecified atom stereocenters. The molecule has 2 rings (SSSR count). The Hall–Kier alpha value is -1.58. The minimum Gasteiger partial charge on any atom is -0.370 e. The molecule has 80 valence electrons. The van der Waals surface area contributed by atoms with Gasteiger partial charge in [-0.1, -0.05) is 18.2 Å². The predicted octanol–water partition coefficient (Wildman–Crippen LogP) is 0.206. The van der Waals surface area contributed by atoms with Crippen LogP contribution in [0.2, 0.25) is 0 Å². The van der Waals surface area contributed by atoms with E-state index in [-0.39, 0.29) is 18.2 Å². The first kappa shape index (κ1) is 9.96. The van der Waals surface area contributed by atoms with E-state index in [1.165, 1.54) is 0 Å². The average molecular weight is 206 g/mol. The number of carbonyl (C=O) groups is 2. The number of likely N-dealkylation sites (tertiary alicyclic amines) is 1. The number of fused-ring (bicyclic) bond motifs is 1. The second-order valence-corrected chi connectivity index (χ2v) is 3.95. The van der Waals surface area contributed by atoms with Gasteiger partial charge in [0, 0.05) is 31.0 Å². The lowest BCUT2D eigenvalue weighted by Crippen LogP contribution is -2.29. The third-order valence-electron chi connectivity index (χ3n) is 2.88. The van der Waals surface area contributed by atoms with E-state index in [4.69, 9.17) is 5.73 Å². The fourth-order valence-corrected chi connectivity index (χ4v) is 2.07. The summed E-state index contributed by atoms with van der Waals surface area (Å²) < 4.78 is 0. The zero-order chi connectivity index (χ0) is 10.8. The van der Waals surface area contributed by atoms with Gasteiger partial charge in [0.05, 0.1) is 0 Å². The Kier molecular flexibility index (Phi) is 2.58. The third-order valence-corrected chi connectivity index (χ3v) is 2.88. The summed E-state index contributed by atoms with van der Waals surface area (Å²) in [6.45, 7) is 1.17. The normalized spacial score (nSPS) is 24.0. The summed E-state index contributed by atoms with van der Waals surface area (Å²) in [7, 11) is 0. The molecule has 0 bridgehead atoms. The van der Waals surface area contributed by atoms with Crippen molar-refractivity contribution >= 4 is 11.8 Å². The van der Waals surface area contributed by atoms with Gasteiger partial charge in [0.25, 0.3) is 0 Å². The Bertz CT molecular complexity index is 358. The van der Waals surface area contributed by atoms with Gasteiger partial charge in [-0.15, -0.1) is 0 Å². The summed E-state index contributed by atoms with van der Waals surface area (Å²) in [5, 5.41) is 0. The first-order valence-corrected chi connectivity index (χ1v) is 5.13. The largest absolute Gasteiger partial charge is 0.370 e. The highest BCUT2D eigenvalue weighted by Gasteiger charge is 2.34. The minimum absolute atomic E-state index is 0.0607. The Balaban J connectivity index is 2.01. The lowest BCUT2D eigenvalue weighted by Gasteiger charge is -2.14. The van der Waals surface area contributed by atoms with Crippen LogP contribution in [-0.4, -0.2) is 29.8 Å². The number of hydrogen-bond acceptors (Lipinski definition) is 2. The maximum absolute atomic E-state index is 11.8. The van der Waals surface area contributed by atoms with E-state index in [2.05, 4.69) is 6.08 Å². The van der Waals surface area contributed by atoms with Crippen LogP contribution in [0, 0.1) is 5.92 Å². The quantitative estimate of drug-likeness (QED) is 0.717. The van der Waals surface area contributed by atoms with Gasteiger partial charge in [0.15, 0.2) is 0 Å². The number of amides is 2. The third kappa shape index (κ3) is 1.93. The maximum atomic E-state index is 11.8. The van der Waals surface area contributed by atoms with Crippen molar-refractivity contribution in [3.8, 4) is 0 Å². The molecule has 0 spiro atoms. The molecule has 1 atom stereocenters. The van der Waals surface area contributed by atoms with Crippen LogP contribution in [-0.2, 0) is 9.59 Å². The topological polar surface area (TPSA) is 63.4 Å². The average Bonchev–Trinajstić information content (AvgIpc) is 2.54. The summed E-state index contributed by atoms with van der Waals surface area (Å²) in [6, 6.07) is 0. The second kappa shape index (κ2) is 3.88. The van der Waals surface area contributed by atoms with Gasteiger partial charge in [0.1, 0.15) is 0 Å². The minimum atomic E-state index is -0.357. The number of primary amides is 1. The Morgan fingerprint density at radius 3 is 3.07 bits per heavy atom. The zero-order valence-electron chi connectivity index (χ0n) is 8.48. The van der Waals surface area contributed by atoms with E-state index in [1.807, 2.05) is 12.2 Å². The lowest BCUT2D eigenvalue weighted by molar-refractivity contribution is -0.125. The van der Waals surface area contributed by atoms with Crippen molar-refractivity contribution in [1.29, 1.82) is 0 Å². The molecule has 0 aromatic rings. The van der Waals surface area contributed by atoms with Crippen LogP contribution in [0.1, 0.15) is 12.8 Å². The summed E-state index contributed by atoms with van der Waals surface area (Å²) in [6.07, 6.45) is 7.03. The zero-order valence-corrected chi connectivity index (χ0v) is 8.48. The summed E-state index contributed by atoms with van der Waals surface area (Å²) >= 11 is 0. The van der Waals surface area contributed by atoms with Gasteiger partial charge in [-0.2, -0.15) is 0 Å². The van der Waals surface area contributed by atoms with E-state index in [0.717, 1.165) is 18.5 Å². The molecule has 1 aliphatic heterocycles. The molecule has 0 radical (unpaired) electrons. The van der Waals surface area contributed by atoms with Crippen LogP contribution in [0.25, 0.3) is 0 Å². The first-order valence-electron chi connectivity index (χ1n) is 5.13.